The maximum atomic E-state index is 13.5. The van der Waals surface area contributed by atoms with E-state index in [9.17, 15) is 9.59 Å². The average molecular weight is 489 g/mol. The first-order chi connectivity index (χ1) is 17.5. The predicted octanol–water partition coefficient (Wildman–Crippen LogP) is 5.61. The van der Waals surface area contributed by atoms with Gasteiger partial charge in [0.25, 0.3) is 11.8 Å². The van der Waals surface area contributed by atoms with Crippen LogP contribution >= 0.6 is 0 Å². The standard InChI is InChI=1S/C29H32N2O5/c1-5-25(19-10-8-7-9-11-19)31-18-21-14-22(12-13-27(21)36-26(6-2)29(31)33)30-28(32)20-15-23(34-3)17-24(16-20)35-4/h7-17,25-26H,5-6,18H2,1-4H3,(H,30,32)/t25-,26-/m0/s1. The molecule has 0 saturated carbocycles. The summed E-state index contributed by atoms with van der Waals surface area (Å²) in [6, 6.07) is 20.5. The molecule has 0 aliphatic carbocycles. The van der Waals surface area contributed by atoms with E-state index in [1.165, 1.54) is 0 Å². The van der Waals surface area contributed by atoms with Crippen LogP contribution in [0.4, 0.5) is 5.69 Å². The van der Waals surface area contributed by atoms with Crippen molar-refractivity contribution in [2.45, 2.75) is 45.4 Å². The number of hydrogen-bond acceptors (Lipinski definition) is 5. The van der Waals surface area contributed by atoms with Crippen molar-refractivity contribution < 1.29 is 23.8 Å². The number of fused-ring (bicyclic) bond motifs is 1. The van der Waals surface area contributed by atoms with Crippen molar-refractivity contribution in [3.05, 3.63) is 83.4 Å². The fraction of sp³-hybridized carbons (Fsp3) is 0.310. The first kappa shape index (κ1) is 25.1. The zero-order valence-electron chi connectivity index (χ0n) is 21.1. The maximum absolute atomic E-state index is 13.5. The van der Waals surface area contributed by atoms with E-state index in [1.807, 2.05) is 54.3 Å². The number of methoxy groups -OCH3 is 2. The quantitative estimate of drug-likeness (QED) is 0.446. The van der Waals surface area contributed by atoms with Gasteiger partial charge in [-0.15, -0.1) is 0 Å². The van der Waals surface area contributed by atoms with Gasteiger partial charge in [0.15, 0.2) is 6.10 Å². The monoisotopic (exact) mass is 488 g/mol. The Balaban J connectivity index is 1.64. The Bertz CT molecular complexity index is 1210. The third-order valence-electron chi connectivity index (χ3n) is 6.42. The first-order valence-corrected chi connectivity index (χ1v) is 12.2. The van der Waals surface area contributed by atoms with Gasteiger partial charge in [0.2, 0.25) is 0 Å². The van der Waals surface area contributed by atoms with Gasteiger partial charge in [0.1, 0.15) is 17.2 Å². The minimum Gasteiger partial charge on any atom is -0.497 e. The van der Waals surface area contributed by atoms with Gasteiger partial charge in [-0.1, -0.05) is 44.2 Å². The van der Waals surface area contributed by atoms with Crippen LogP contribution in [-0.2, 0) is 11.3 Å². The largest absolute Gasteiger partial charge is 0.497 e. The van der Waals surface area contributed by atoms with Crippen molar-refractivity contribution >= 4 is 17.5 Å². The van der Waals surface area contributed by atoms with Gasteiger partial charge in [0.05, 0.1) is 26.8 Å². The lowest BCUT2D eigenvalue weighted by Crippen LogP contribution is -2.41. The number of hydrogen-bond donors (Lipinski definition) is 1. The fourth-order valence-corrected chi connectivity index (χ4v) is 4.52. The number of nitrogens with one attached hydrogen (secondary N) is 1. The molecule has 1 aliphatic heterocycles. The topological polar surface area (TPSA) is 77.1 Å². The van der Waals surface area contributed by atoms with E-state index in [0.29, 0.717) is 41.5 Å². The van der Waals surface area contributed by atoms with Crippen LogP contribution in [-0.4, -0.2) is 37.0 Å². The van der Waals surface area contributed by atoms with E-state index in [1.54, 1.807) is 38.5 Å². The van der Waals surface area contributed by atoms with Crippen LogP contribution in [0.1, 0.15) is 54.2 Å². The van der Waals surface area contributed by atoms with E-state index in [4.69, 9.17) is 14.2 Å². The lowest BCUT2D eigenvalue weighted by atomic mass is 10.0. The van der Waals surface area contributed by atoms with E-state index in [2.05, 4.69) is 12.2 Å². The number of rotatable bonds is 8. The Morgan fingerprint density at radius 3 is 2.33 bits per heavy atom. The van der Waals surface area contributed by atoms with Crippen LogP contribution in [0, 0.1) is 0 Å². The van der Waals surface area contributed by atoms with Crippen LogP contribution in [0.15, 0.2) is 66.7 Å². The Morgan fingerprint density at radius 2 is 1.72 bits per heavy atom. The number of nitrogens with zero attached hydrogens (tertiary/aromatic N) is 1. The summed E-state index contributed by atoms with van der Waals surface area (Å²) >= 11 is 0. The summed E-state index contributed by atoms with van der Waals surface area (Å²) in [5.41, 5.74) is 2.95. The molecule has 0 spiro atoms. The van der Waals surface area contributed by atoms with Crippen LogP contribution in [0.2, 0.25) is 0 Å². The smallest absolute Gasteiger partial charge is 0.264 e. The predicted molar refractivity (Wildman–Crippen MR) is 139 cm³/mol. The molecule has 0 bridgehead atoms. The van der Waals surface area contributed by atoms with Crippen molar-refractivity contribution in [1.82, 2.24) is 4.90 Å². The van der Waals surface area contributed by atoms with Crippen LogP contribution in [0.25, 0.3) is 0 Å². The van der Waals surface area contributed by atoms with Gasteiger partial charge in [0, 0.05) is 22.9 Å². The number of anilines is 1. The molecule has 7 heteroatoms. The molecule has 1 aliphatic rings. The fourth-order valence-electron chi connectivity index (χ4n) is 4.52. The third kappa shape index (κ3) is 5.30. The summed E-state index contributed by atoms with van der Waals surface area (Å²) < 4.78 is 16.7. The van der Waals surface area contributed by atoms with Crippen molar-refractivity contribution in [2.75, 3.05) is 19.5 Å². The Morgan fingerprint density at radius 1 is 1.03 bits per heavy atom. The first-order valence-electron chi connectivity index (χ1n) is 12.2. The maximum Gasteiger partial charge on any atom is 0.264 e. The number of ether oxygens (including phenoxy) is 3. The Kier molecular flexibility index (Phi) is 7.78. The van der Waals surface area contributed by atoms with Gasteiger partial charge in [-0.2, -0.15) is 0 Å². The van der Waals surface area contributed by atoms with E-state index in [-0.39, 0.29) is 17.9 Å². The highest BCUT2D eigenvalue weighted by Crippen LogP contribution is 2.35. The molecule has 0 aromatic heterocycles. The van der Waals surface area contributed by atoms with Crippen molar-refractivity contribution in [1.29, 1.82) is 0 Å². The molecule has 0 unspecified atom stereocenters. The SMILES string of the molecule is CC[C@@H]1Oc2ccc(NC(=O)c3cc(OC)cc(OC)c3)cc2CN([C@@H](CC)c2ccccc2)C1=O. The van der Waals surface area contributed by atoms with Crippen molar-refractivity contribution in [3.63, 3.8) is 0 Å². The molecule has 0 fully saturated rings. The number of carbonyl (C=O) groups excluding carboxylic acids is 2. The molecular weight excluding hydrogens is 456 g/mol. The molecule has 4 rings (SSSR count). The summed E-state index contributed by atoms with van der Waals surface area (Å²) in [5.74, 6) is 1.39. The molecule has 7 nitrogen and oxygen atoms in total. The average Bonchev–Trinajstić information content (AvgIpc) is 3.05. The summed E-state index contributed by atoms with van der Waals surface area (Å²) in [7, 11) is 3.08. The number of benzene rings is 3. The van der Waals surface area contributed by atoms with Gasteiger partial charge >= 0.3 is 0 Å². The Hall–Kier alpha value is -4.00. The second-order valence-corrected chi connectivity index (χ2v) is 8.69. The van der Waals surface area contributed by atoms with Gasteiger partial charge in [-0.05, 0) is 48.7 Å². The second kappa shape index (κ2) is 11.2. The van der Waals surface area contributed by atoms with E-state index >= 15 is 0 Å². The molecule has 3 aromatic rings. The summed E-state index contributed by atoms with van der Waals surface area (Å²) in [4.78, 5) is 28.4. The normalized spacial score (nSPS) is 15.8. The molecule has 0 radical (unpaired) electrons. The van der Waals surface area contributed by atoms with E-state index < -0.39 is 6.10 Å². The Labute approximate surface area is 212 Å². The molecule has 1 heterocycles. The molecule has 2 atom stereocenters. The molecule has 1 N–H and O–H groups in total. The van der Waals surface area contributed by atoms with Crippen molar-refractivity contribution in [3.8, 4) is 17.2 Å². The van der Waals surface area contributed by atoms with Crippen molar-refractivity contribution in [2.24, 2.45) is 0 Å². The third-order valence-corrected chi connectivity index (χ3v) is 6.42. The summed E-state index contributed by atoms with van der Waals surface area (Å²) in [6.45, 7) is 4.42. The van der Waals surface area contributed by atoms with Crippen LogP contribution in [0.3, 0.4) is 0 Å². The molecular formula is C29H32N2O5. The molecule has 3 aromatic carbocycles. The lowest BCUT2D eigenvalue weighted by molar-refractivity contribution is -0.141. The van der Waals surface area contributed by atoms with Crippen LogP contribution < -0.4 is 19.5 Å². The summed E-state index contributed by atoms with van der Waals surface area (Å²) in [5, 5.41) is 2.95. The second-order valence-electron chi connectivity index (χ2n) is 8.69. The molecule has 188 valence electrons. The zero-order valence-corrected chi connectivity index (χ0v) is 21.1. The minimum atomic E-state index is -0.561. The highest BCUT2D eigenvalue weighted by molar-refractivity contribution is 6.05. The molecule has 2 amide bonds. The highest BCUT2D eigenvalue weighted by Gasteiger charge is 2.34. The van der Waals surface area contributed by atoms with Gasteiger partial charge in [-0.25, -0.2) is 0 Å². The van der Waals surface area contributed by atoms with E-state index in [0.717, 1.165) is 17.5 Å². The van der Waals surface area contributed by atoms with Gasteiger partial charge in [-0.3, -0.25) is 9.59 Å². The molecule has 0 saturated heterocycles. The minimum absolute atomic E-state index is 0.0292. The number of amides is 2. The lowest BCUT2D eigenvalue weighted by Gasteiger charge is -2.32. The molecule has 36 heavy (non-hydrogen) atoms. The van der Waals surface area contributed by atoms with Crippen LogP contribution in [0.5, 0.6) is 17.2 Å². The number of carbonyl (C=O) groups is 2. The summed E-state index contributed by atoms with van der Waals surface area (Å²) in [6.07, 6.45) is 0.778. The van der Waals surface area contributed by atoms with Gasteiger partial charge < -0.3 is 24.4 Å². The zero-order chi connectivity index (χ0) is 25.7. The highest BCUT2D eigenvalue weighted by atomic mass is 16.5.